The average Bonchev–Trinajstić information content (AvgIpc) is 2.18. The third-order valence-electron chi connectivity index (χ3n) is 2.38. The molecule has 0 saturated heterocycles. The number of anilines is 1. The van der Waals surface area contributed by atoms with Gasteiger partial charge in [0.15, 0.2) is 0 Å². The number of aryl methyl sites for hydroxylation is 1. The van der Waals surface area contributed by atoms with Crippen LogP contribution in [0.4, 0.5) is 5.69 Å². The van der Waals surface area contributed by atoms with Gasteiger partial charge >= 0.3 is 5.97 Å². The first-order chi connectivity index (χ1) is 7.06. The summed E-state index contributed by atoms with van der Waals surface area (Å²) in [6.45, 7) is 2.06. The summed E-state index contributed by atoms with van der Waals surface area (Å²) in [6, 6.07) is 7.00. The highest BCUT2D eigenvalue weighted by atomic mass is 16.4. The fraction of sp³-hybridized carbons (Fsp3) is 0.364. The SMILES string of the molecule is Cc1cccc(N(C)C(CN)C(=O)O)c1. The zero-order valence-corrected chi connectivity index (χ0v) is 8.97. The molecule has 3 N–H and O–H groups in total. The molecule has 0 radical (unpaired) electrons. The summed E-state index contributed by atoms with van der Waals surface area (Å²) in [7, 11) is 1.74. The summed E-state index contributed by atoms with van der Waals surface area (Å²) < 4.78 is 0. The lowest BCUT2D eigenvalue weighted by atomic mass is 10.2. The van der Waals surface area contributed by atoms with Crippen LogP contribution in [0.5, 0.6) is 0 Å². The molecule has 0 spiro atoms. The molecular formula is C11H16N2O2. The maximum absolute atomic E-state index is 10.9. The fourth-order valence-corrected chi connectivity index (χ4v) is 1.45. The van der Waals surface area contributed by atoms with Gasteiger partial charge in [0, 0.05) is 19.3 Å². The van der Waals surface area contributed by atoms with Crippen LogP contribution in [0.25, 0.3) is 0 Å². The van der Waals surface area contributed by atoms with Gasteiger partial charge in [-0.1, -0.05) is 12.1 Å². The smallest absolute Gasteiger partial charge is 0.327 e. The third-order valence-corrected chi connectivity index (χ3v) is 2.38. The summed E-state index contributed by atoms with van der Waals surface area (Å²) in [6.07, 6.45) is 0. The summed E-state index contributed by atoms with van der Waals surface area (Å²) in [4.78, 5) is 12.6. The van der Waals surface area contributed by atoms with Crippen LogP contribution in [0.1, 0.15) is 5.56 Å². The highest BCUT2D eigenvalue weighted by Gasteiger charge is 2.20. The maximum Gasteiger partial charge on any atom is 0.327 e. The second-order valence-corrected chi connectivity index (χ2v) is 3.54. The highest BCUT2D eigenvalue weighted by Crippen LogP contribution is 2.16. The Morgan fingerprint density at radius 1 is 1.60 bits per heavy atom. The van der Waals surface area contributed by atoms with Gasteiger partial charge in [-0.25, -0.2) is 4.79 Å². The Balaban J connectivity index is 2.92. The number of hydrogen-bond acceptors (Lipinski definition) is 3. The molecule has 4 nitrogen and oxygen atoms in total. The maximum atomic E-state index is 10.9. The van der Waals surface area contributed by atoms with Crippen molar-refractivity contribution in [1.82, 2.24) is 0 Å². The van der Waals surface area contributed by atoms with E-state index in [4.69, 9.17) is 10.8 Å². The Bertz CT molecular complexity index is 352. The predicted molar refractivity (Wildman–Crippen MR) is 60.1 cm³/mol. The molecule has 1 rings (SSSR count). The molecule has 0 aliphatic rings. The van der Waals surface area contributed by atoms with E-state index in [0.717, 1.165) is 11.3 Å². The zero-order chi connectivity index (χ0) is 11.4. The number of nitrogens with zero attached hydrogens (tertiary/aromatic N) is 1. The van der Waals surface area contributed by atoms with Crippen LogP contribution in [0.3, 0.4) is 0 Å². The number of aliphatic carboxylic acids is 1. The number of likely N-dealkylation sites (N-methyl/N-ethyl adjacent to an activating group) is 1. The molecule has 1 aromatic rings. The Morgan fingerprint density at radius 2 is 2.27 bits per heavy atom. The van der Waals surface area contributed by atoms with Crippen LogP contribution in [-0.2, 0) is 4.79 Å². The molecule has 0 fully saturated rings. The Kier molecular flexibility index (Phi) is 3.68. The van der Waals surface area contributed by atoms with Crippen molar-refractivity contribution in [3.8, 4) is 0 Å². The van der Waals surface area contributed by atoms with E-state index in [1.54, 1.807) is 11.9 Å². The molecular weight excluding hydrogens is 192 g/mol. The van der Waals surface area contributed by atoms with Gasteiger partial charge in [-0.2, -0.15) is 0 Å². The number of rotatable bonds is 4. The van der Waals surface area contributed by atoms with Gasteiger partial charge in [-0.3, -0.25) is 0 Å². The molecule has 0 bridgehead atoms. The second-order valence-electron chi connectivity index (χ2n) is 3.54. The van der Waals surface area contributed by atoms with Gasteiger partial charge < -0.3 is 15.7 Å². The molecule has 0 saturated carbocycles. The van der Waals surface area contributed by atoms with Gasteiger partial charge in [-0.05, 0) is 24.6 Å². The monoisotopic (exact) mass is 208 g/mol. The molecule has 82 valence electrons. The summed E-state index contributed by atoms with van der Waals surface area (Å²) in [5, 5.41) is 8.95. The number of carboxylic acid groups (broad SMARTS) is 1. The number of carboxylic acids is 1. The Labute approximate surface area is 89.3 Å². The molecule has 0 aromatic heterocycles. The largest absolute Gasteiger partial charge is 0.480 e. The lowest BCUT2D eigenvalue weighted by Gasteiger charge is -2.25. The van der Waals surface area contributed by atoms with Crippen LogP contribution in [0, 0.1) is 6.92 Å². The number of carbonyl (C=O) groups is 1. The van der Waals surface area contributed by atoms with Gasteiger partial charge in [0.25, 0.3) is 0 Å². The van der Waals surface area contributed by atoms with Gasteiger partial charge in [-0.15, -0.1) is 0 Å². The van der Waals surface area contributed by atoms with Crippen molar-refractivity contribution in [2.45, 2.75) is 13.0 Å². The van der Waals surface area contributed by atoms with E-state index in [9.17, 15) is 4.79 Å². The van der Waals surface area contributed by atoms with Crippen LogP contribution in [-0.4, -0.2) is 30.7 Å². The number of benzene rings is 1. The molecule has 0 aliphatic carbocycles. The van der Waals surface area contributed by atoms with E-state index in [1.807, 2.05) is 31.2 Å². The van der Waals surface area contributed by atoms with Crippen molar-refractivity contribution in [3.05, 3.63) is 29.8 Å². The minimum atomic E-state index is -0.901. The van der Waals surface area contributed by atoms with E-state index in [-0.39, 0.29) is 6.54 Å². The van der Waals surface area contributed by atoms with Crippen LogP contribution < -0.4 is 10.6 Å². The molecule has 15 heavy (non-hydrogen) atoms. The topological polar surface area (TPSA) is 66.6 Å². The predicted octanol–water partition coefficient (Wildman–Crippen LogP) is 0.843. The van der Waals surface area contributed by atoms with Gasteiger partial charge in [0.05, 0.1) is 0 Å². The van der Waals surface area contributed by atoms with E-state index in [1.165, 1.54) is 0 Å². The van der Waals surface area contributed by atoms with Crippen LogP contribution in [0.15, 0.2) is 24.3 Å². The summed E-state index contributed by atoms with van der Waals surface area (Å²) >= 11 is 0. The van der Waals surface area contributed by atoms with Crippen LogP contribution in [0.2, 0.25) is 0 Å². The molecule has 1 atom stereocenters. The lowest BCUT2D eigenvalue weighted by molar-refractivity contribution is -0.138. The standard InChI is InChI=1S/C11H16N2O2/c1-8-4-3-5-9(6-8)13(2)10(7-12)11(14)15/h3-6,10H,7,12H2,1-2H3,(H,14,15). The summed E-state index contributed by atoms with van der Waals surface area (Å²) in [5.74, 6) is -0.901. The first-order valence-corrected chi connectivity index (χ1v) is 4.78. The fourth-order valence-electron chi connectivity index (χ4n) is 1.45. The molecule has 1 aromatic carbocycles. The quantitative estimate of drug-likeness (QED) is 0.769. The van der Waals surface area contributed by atoms with Crippen molar-refractivity contribution in [3.63, 3.8) is 0 Å². The van der Waals surface area contributed by atoms with E-state index < -0.39 is 12.0 Å². The first-order valence-electron chi connectivity index (χ1n) is 4.78. The minimum absolute atomic E-state index is 0.0970. The van der Waals surface area contributed by atoms with Crippen molar-refractivity contribution in [1.29, 1.82) is 0 Å². The van der Waals surface area contributed by atoms with Crippen molar-refractivity contribution < 1.29 is 9.90 Å². The molecule has 4 heteroatoms. The summed E-state index contributed by atoms with van der Waals surface area (Å²) in [5.41, 5.74) is 7.39. The molecule has 0 heterocycles. The average molecular weight is 208 g/mol. The minimum Gasteiger partial charge on any atom is -0.480 e. The Hall–Kier alpha value is -1.55. The van der Waals surface area contributed by atoms with Gasteiger partial charge in [0.2, 0.25) is 0 Å². The van der Waals surface area contributed by atoms with Crippen molar-refractivity contribution in [2.24, 2.45) is 5.73 Å². The van der Waals surface area contributed by atoms with Crippen molar-refractivity contribution in [2.75, 3.05) is 18.5 Å². The van der Waals surface area contributed by atoms with Crippen LogP contribution >= 0.6 is 0 Å². The molecule has 0 aliphatic heterocycles. The number of hydrogen-bond donors (Lipinski definition) is 2. The van der Waals surface area contributed by atoms with Gasteiger partial charge in [0.1, 0.15) is 6.04 Å². The zero-order valence-electron chi connectivity index (χ0n) is 8.97. The third kappa shape index (κ3) is 2.70. The molecule has 0 amide bonds. The first kappa shape index (κ1) is 11.5. The normalized spacial score (nSPS) is 12.2. The lowest BCUT2D eigenvalue weighted by Crippen LogP contribution is -2.44. The Morgan fingerprint density at radius 3 is 2.73 bits per heavy atom. The van der Waals surface area contributed by atoms with E-state index in [0.29, 0.717) is 0 Å². The molecule has 1 unspecified atom stereocenters. The second kappa shape index (κ2) is 4.79. The van der Waals surface area contributed by atoms with E-state index in [2.05, 4.69) is 0 Å². The highest BCUT2D eigenvalue weighted by molar-refractivity contribution is 5.78. The van der Waals surface area contributed by atoms with E-state index >= 15 is 0 Å². The number of nitrogens with two attached hydrogens (primary N) is 1. The van der Waals surface area contributed by atoms with Crippen molar-refractivity contribution >= 4 is 11.7 Å².